The molecule has 0 radical (unpaired) electrons. The molecule has 0 amide bonds. The molecule has 0 heterocycles. The van der Waals surface area contributed by atoms with Crippen LogP contribution in [0.25, 0.3) is 11.1 Å². The maximum Gasteiger partial charge on any atom is 0.141 e. The maximum absolute atomic E-state index is 13.9. The highest BCUT2D eigenvalue weighted by Crippen LogP contribution is 2.27. The molecule has 2 rings (SSSR count). The first-order valence-electron chi connectivity index (χ1n) is 6.56. The second-order valence-electron chi connectivity index (χ2n) is 4.62. The van der Waals surface area contributed by atoms with E-state index in [1.165, 1.54) is 24.3 Å². The molecule has 0 aliphatic heterocycles. The van der Waals surface area contributed by atoms with Crippen LogP contribution in [0.5, 0.6) is 0 Å². The Morgan fingerprint density at radius 1 is 1.05 bits per heavy atom. The molecule has 0 saturated heterocycles. The molecule has 20 heavy (non-hydrogen) atoms. The van der Waals surface area contributed by atoms with Crippen molar-refractivity contribution in [3.05, 3.63) is 58.6 Å². The highest BCUT2D eigenvalue weighted by molar-refractivity contribution is 6.31. The molecule has 0 unspecified atom stereocenters. The highest BCUT2D eigenvalue weighted by Gasteiger charge is 2.09. The summed E-state index contributed by atoms with van der Waals surface area (Å²) >= 11 is 5.75. The Bertz CT molecular complexity index is 599. The predicted octanol–water partition coefficient (Wildman–Crippen LogP) is 4.78. The van der Waals surface area contributed by atoms with Crippen LogP contribution in [0.2, 0.25) is 5.02 Å². The van der Waals surface area contributed by atoms with E-state index in [1.807, 2.05) is 0 Å². The largest absolute Gasteiger partial charge is 0.313 e. The van der Waals surface area contributed by atoms with Gasteiger partial charge in [-0.05, 0) is 48.4 Å². The van der Waals surface area contributed by atoms with Crippen molar-refractivity contribution in [1.82, 2.24) is 5.32 Å². The van der Waals surface area contributed by atoms with Gasteiger partial charge < -0.3 is 5.32 Å². The van der Waals surface area contributed by atoms with Crippen molar-refractivity contribution in [2.45, 2.75) is 19.9 Å². The van der Waals surface area contributed by atoms with Crippen LogP contribution in [-0.2, 0) is 6.54 Å². The third-order valence-corrected chi connectivity index (χ3v) is 3.31. The molecule has 0 aromatic heterocycles. The topological polar surface area (TPSA) is 12.0 Å². The van der Waals surface area contributed by atoms with Gasteiger partial charge >= 0.3 is 0 Å². The van der Waals surface area contributed by atoms with Crippen LogP contribution < -0.4 is 5.32 Å². The summed E-state index contributed by atoms with van der Waals surface area (Å²) in [5.74, 6) is -0.844. The van der Waals surface area contributed by atoms with Gasteiger partial charge in [-0.3, -0.25) is 0 Å². The molecule has 1 N–H and O–H groups in total. The Morgan fingerprint density at radius 3 is 2.50 bits per heavy atom. The minimum atomic E-state index is -0.503. The molecule has 0 atom stereocenters. The van der Waals surface area contributed by atoms with Crippen LogP contribution >= 0.6 is 11.6 Å². The van der Waals surface area contributed by atoms with E-state index < -0.39 is 5.82 Å². The fourth-order valence-electron chi connectivity index (χ4n) is 1.98. The van der Waals surface area contributed by atoms with Crippen molar-refractivity contribution < 1.29 is 8.78 Å². The van der Waals surface area contributed by atoms with Crippen molar-refractivity contribution in [2.75, 3.05) is 6.54 Å². The quantitative estimate of drug-likeness (QED) is 0.782. The summed E-state index contributed by atoms with van der Waals surface area (Å²) < 4.78 is 27.1. The molecular formula is C16H16ClF2N. The van der Waals surface area contributed by atoms with Gasteiger partial charge in [-0.2, -0.15) is 0 Å². The Labute approximate surface area is 122 Å². The van der Waals surface area contributed by atoms with Crippen LogP contribution in [0.3, 0.4) is 0 Å². The Hall–Kier alpha value is -1.45. The van der Waals surface area contributed by atoms with Gasteiger partial charge in [-0.25, -0.2) is 8.78 Å². The summed E-state index contributed by atoms with van der Waals surface area (Å²) in [4.78, 5) is 0. The smallest absolute Gasteiger partial charge is 0.141 e. The normalized spacial score (nSPS) is 10.8. The summed E-state index contributed by atoms with van der Waals surface area (Å²) in [6.07, 6.45) is 1.04. The van der Waals surface area contributed by atoms with Crippen molar-refractivity contribution in [3.8, 4) is 11.1 Å². The zero-order valence-electron chi connectivity index (χ0n) is 11.2. The molecule has 1 nitrogen and oxygen atoms in total. The molecule has 2 aromatic rings. The van der Waals surface area contributed by atoms with E-state index in [2.05, 4.69) is 12.2 Å². The number of nitrogens with one attached hydrogen (secondary N) is 1. The molecule has 2 aromatic carbocycles. The van der Waals surface area contributed by atoms with Crippen molar-refractivity contribution in [2.24, 2.45) is 0 Å². The lowest BCUT2D eigenvalue weighted by molar-refractivity contribution is 0.624. The Kier molecular flexibility index (Phi) is 5.10. The van der Waals surface area contributed by atoms with Crippen LogP contribution in [0.4, 0.5) is 8.78 Å². The van der Waals surface area contributed by atoms with Crippen molar-refractivity contribution >= 4 is 11.6 Å². The zero-order valence-corrected chi connectivity index (χ0v) is 12.0. The minimum absolute atomic E-state index is 0.00332. The maximum atomic E-state index is 13.9. The molecule has 0 bridgehead atoms. The average molecular weight is 296 g/mol. The first-order chi connectivity index (χ1) is 9.61. The monoisotopic (exact) mass is 295 g/mol. The van der Waals surface area contributed by atoms with Crippen LogP contribution in [-0.4, -0.2) is 6.54 Å². The average Bonchev–Trinajstić information content (AvgIpc) is 2.44. The van der Waals surface area contributed by atoms with Crippen molar-refractivity contribution in [3.63, 3.8) is 0 Å². The third-order valence-electron chi connectivity index (χ3n) is 3.02. The van der Waals surface area contributed by atoms with Gasteiger partial charge in [0, 0.05) is 12.1 Å². The van der Waals surface area contributed by atoms with E-state index in [4.69, 9.17) is 11.6 Å². The number of benzene rings is 2. The van der Waals surface area contributed by atoms with E-state index in [-0.39, 0.29) is 10.8 Å². The molecule has 0 saturated carbocycles. The van der Waals surface area contributed by atoms with Gasteiger partial charge in [0.1, 0.15) is 11.6 Å². The fourth-order valence-corrected chi connectivity index (χ4v) is 2.16. The lowest BCUT2D eigenvalue weighted by Crippen LogP contribution is -2.13. The number of hydrogen-bond acceptors (Lipinski definition) is 1. The standard InChI is InChI=1S/C16H16ClF2N/c1-2-7-20-10-11-3-5-15(18)13(8-11)12-4-6-16(19)14(17)9-12/h3-6,8-9,20H,2,7,10H2,1H3. The summed E-state index contributed by atoms with van der Waals surface area (Å²) in [5, 5.41) is 3.26. The van der Waals surface area contributed by atoms with E-state index in [0.717, 1.165) is 18.5 Å². The number of halogens is 3. The van der Waals surface area contributed by atoms with E-state index >= 15 is 0 Å². The van der Waals surface area contributed by atoms with Crippen LogP contribution in [0, 0.1) is 11.6 Å². The Morgan fingerprint density at radius 2 is 1.80 bits per heavy atom. The highest BCUT2D eigenvalue weighted by atomic mass is 35.5. The number of hydrogen-bond donors (Lipinski definition) is 1. The predicted molar refractivity (Wildman–Crippen MR) is 78.8 cm³/mol. The van der Waals surface area contributed by atoms with Gasteiger partial charge in [0.05, 0.1) is 5.02 Å². The first-order valence-corrected chi connectivity index (χ1v) is 6.94. The SMILES string of the molecule is CCCNCc1ccc(F)c(-c2ccc(F)c(Cl)c2)c1. The van der Waals surface area contributed by atoms with Gasteiger partial charge in [0.25, 0.3) is 0 Å². The zero-order chi connectivity index (χ0) is 14.5. The molecule has 0 fully saturated rings. The van der Waals surface area contributed by atoms with Crippen LogP contribution in [0.1, 0.15) is 18.9 Å². The van der Waals surface area contributed by atoms with Gasteiger partial charge in [0.2, 0.25) is 0 Å². The number of rotatable bonds is 5. The van der Waals surface area contributed by atoms with E-state index in [9.17, 15) is 8.78 Å². The molecule has 0 aliphatic rings. The molecular weight excluding hydrogens is 280 g/mol. The van der Waals surface area contributed by atoms with Crippen LogP contribution in [0.15, 0.2) is 36.4 Å². The molecule has 0 spiro atoms. The minimum Gasteiger partial charge on any atom is -0.313 e. The van der Waals surface area contributed by atoms with Gasteiger partial charge in [-0.1, -0.05) is 30.7 Å². The second kappa shape index (κ2) is 6.82. The summed E-state index contributed by atoms with van der Waals surface area (Å²) in [5.41, 5.74) is 1.99. The van der Waals surface area contributed by atoms with Gasteiger partial charge in [0.15, 0.2) is 0 Å². The first kappa shape index (κ1) is 14.9. The summed E-state index contributed by atoms with van der Waals surface area (Å²) in [6, 6.07) is 9.16. The van der Waals surface area contributed by atoms with Gasteiger partial charge in [-0.15, -0.1) is 0 Å². The molecule has 4 heteroatoms. The third kappa shape index (κ3) is 3.56. The molecule has 106 valence electrons. The second-order valence-corrected chi connectivity index (χ2v) is 5.03. The molecule has 0 aliphatic carbocycles. The summed E-state index contributed by atoms with van der Waals surface area (Å²) in [6.45, 7) is 3.68. The lowest BCUT2D eigenvalue weighted by atomic mass is 10.0. The van der Waals surface area contributed by atoms with E-state index in [0.29, 0.717) is 17.7 Å². The van der Waals surface area contributed by atoms with E-state index in [1.54, 1.807) is 12.1 Å². The fraction of sp³-hybridized carbons (Fsp3) is 0.250. The Balaban J connectivity index is 2.29. The van der Waals surface area contributed by atoms with Crippen molar-refractivity contribution in [1.29, 1.82) is 0 Å². The lowest BCUT2D eigenvalue weighted by Gasteiger charge is -2.09. The summed E-state index contributed by atoms with van der Waals surface area (Å²) in [7, 11) is 0.